The molecule has 2 aliphatic rings. The van der Waals surface area contributed by atoms with Gasteiger partial charge in [-0.1, -0.05) is 74.5 Å². The van der Waals surface area contributed by atoms with Crippen molar-refractivity contribution in [1.82, 2.24) is 9.80 Å². The molecule has 0 N–H and O–H groups in total. The van der Waals surface area contributed by atoms with E-state index in [2.05, 4.69) is 0 Å². The van der Waals surface area contributed by atoms with E-state index >= 15 is 0 Å². The van der Waals surface area contributed by atoms with Crippen molar-refractivity contribution in [2.45, 2.75) is 71.4 Å². The standard InChI is InChI=1S/C17H21NO4.C14H17NO3/c1-3-15-11-22-17(21)18(15)16(20)14(9-12(2)19)10-13-7-5-4-6-8-13;1-2-12-10-18-14(17)15(12)13(16)9-8-11-6-4-3-5-7-11/h4-8,14-15H,3,9-11H2,1-2H3;3-7,12H,2,8-10H2,1H3/t14-,15-;12-/m11/s1. The molecule has 0 bridgehead atoms. The minimum atomic E-state index is -0.599. The zero-order chi connectivity index (χ0) is 29.1. The maximum Gasteiger partial charge on any atom is 0.416 e. The Kier molecular flexibility index (Phi) is 11.4. The van der Waals surface area contributed by atoms with Gasteiger partial charge in [0.05, 0.1) is 12.1 Å². The van der Waals surface area contributed by atoms with Crippen LogP contribution in [0.2, 0.25) is 0 Å². The lowest BCUT2D eigenvalue weighted by Gasteiger charge is -2.23. The molecule has 3 atom stereocenters. The summed E-state index contributed by atoms with van der Waals surface area (Å²) in [5.74, 6) is -1.05. The first-order valence-electron chi connectivity index (χ1n) is 13.8. The summed E-state index contributed by atoms with van der Waals surface area (Å²) < 4.78 is 9.89. The molecule has 40 heavy (non-hydrogen) atoms. The predicted molar refractivity (Wildman–Crippen MR) is 148 cm³/mol. The van der Waals surface area contributed by atoms with Crippen molar-refractivity contribution >= 4 is 29.8 Å². The quantitative estimate of drug-likeness (QED) is 0.411. The molecule has 214 valence electrons. The van der Waals surface area contributed by atoms with Crippen LogP contribution in [0.25, 0.3) is 0 Å². The Morgan fingerprint density at radius 3 is 1.82 bits per heavy atom. The van der Waals surface area contributed by atoms with Crippen molar-refractivity contribution in [3.63, 3.8) is 0 Å². The summed E-state index contributed by atoms with van der Waals surface area (Å²) in [5, 5.41) is 0. The summed E-state index contributed by atoms with van der Waals surface area (Å²) in [7, 11) is 0. The fourth-order valence-corrected chi connectivity index (χ4v) is 4.80. The lowest BCUT2D eigenvalue weighted by Crippen LogP contribution is -2.43. The van der Waals surface area contributed by atoms with E-state index in [0.717, 1.165) is 17.5 Å². The van der Waals surface area contributed by atoms with E-state index in [1.54, 1.807) is 0 Å². The van der Waals surface area contributed by atoms with E-state index in [1.807, 2.05) is 74.5 Å². The maximum atomic E-state index is 12.7. The van der Waals surface area contributed by atoms with Gasteiger partial charge in [0.15, 0.2) is 0 Å². The Bertz CT molecular complexity index is 1170. The molecule has 2 heterocycles. The van der Waals surface area contributed by atoms with Crippen molar-refractivity contribution < 1.29 is 33.4 Å². The van der Waals surface area contributed by atoms with Gasteiger partial charge in [-0.3, -0.25) is 9.59 Å². The second-order valence-electron chi connectivity index (χ2n) is 10.0. The molecule has 0 radical (unpaired) electrons. The number of carbonyl (C=O) groups is 5. The number of imide groups is 2. The van der Waals surface area contributed by atoms with Crippen molar-refractivity contribution in [3.05, 3.63) is 71.8 Å². The van der Waals surface area contributed by atoms with Crippen LogP contribution in [0.1, 0.15) is 57.6 Å². The number of hydrogen-bond acceptors (Lipinski definition) is 7. The van der Waals surface area contributed by atoms with Crippen LogP contribution in [-0.4, -0.2) is 64.9 Å². The second-order valence-corrected chi connectivity index (χ2v) is 10.0. The zero-order valence-electron chi connectivity index (χ0n) is 23.4. The summed E-state index contributed by atoms with van der Waals surface area (Å²) in [6, 6.07) is 19.0. The Balaban J connectivity index is 0.000000225. The fourth-order valence-electron chi connectivity index (χ4n) is 4.80. The summed E-state index contributed by atoms with van der Waals surface area (Å²) >= 11 is 0. The van der Waals surface area contributed by atoms with E-state index in [1.165, 1.54) is 16.7 Å². The highest BCUT2D eigenvalue weighted by atomic mass is 16.6. The minimum Gasteiger partial charge on any atom is -0.447 e. The van der Waals surface area contributed by atoms with Crippen LogP contribution in [0, 0.1) is 5.92 Å². The fraction of sp³-hybridized carbons (Fsp3) is 0.452. The Morgan fingerprint density at radius 1 is 0.800 bits per heavy atom. The van der Waals surface area contributed by atoms with Gasteiger partial charge in [0, 0.05) is 18.8 Å². The van der Waals surface area contributed by atoms with Crippen molar-refractivity contribution in [2.24, 2.45) is 5.92 Å². The van der Waals surface area contributed by atoms with Gasteiger partial charge in [0.2, 0.25) is 11.8 Å². The van der Waals surface area contributed by atoms with Gasteiger partial charge in [-0.2, -0.15) is 0 Å². The van der Waals surface area contributed by atoms with Crippen LogP contribution in [0.15, 0.2) is 60.7 Å². The first kappa shape index (κ1) is 30.5. The number of hydrogen-bond donors (Lipinski definition) is 0. The first-order valence-corrected chi connectivity index (χ1v) is 13.8. The first-order chi connectivity index (χ1) is 19.2. The van der Waals surface area contributed by atoms with Crippen LogP contribution < -0.4 is 0 Å². The minimum absolute atomic E-state index is 0.0603. The Hall–Kier alpha value is -4.01. The smallest absolute Gasteiger partial charge is 0.416 e. The van der Waals surface area contributed by atoms with Crippen LogP contribution in [0.3, 0.4) is 0 Å². The lowest BCUT2D eigenvalue weighted by molar-refractivity contribution is -0.136. The topological polar surface area (TPSA) is 110 Å². The molecule has 2 saturated heterocycles. The van der Waals surface area contributed by atoms with Crippen molar-refractivity contribution in [2.75, 3.05) is 13.2 Å². The highest BCUT2D eigenvalue weighted by Crippen LogP contribution is 2.23. The molecule has 2 aliphatic heterocycles. The third-order valence-electron chi connectivity index (χ3n) is 7.05. The highest BCUT2D eigenvalue weighted by molar-refractivity contribution is 5.96. The lowest BCUT2D eigenvalue weighted by atomic mass is 9.92. The average molecular weight is 551 g/mol. The van der Waals surface area contributed by atoms with Crippen LogP contribution >= 0.6 is 0 Å². The Morgan fingerprint density at radius 2 is 1.30 bits per heavy atom. The van der Waals surface area contributed by atoms with Crippen LogP contribution in [0.4, 0.5) is 9.59 Å². The molecule has 4 amide bonds. The van der Waals surface area contributed by atoms with Crippen LogP contribution in [0.5, 0.6) is 0 Å². The van der Waals surface area contributed by atoms with Crippen molar-refractivity contribution in [3.8, 4) is 0 Å². The summed E-state index contributed by atoms with van der Waals surface area (Å²) in [5.41, 5.74) is 2.08. The number of amides is 4. The van der Waals surface area contributed by atoms with Gasteiger partial charge >= 0.3 is 12.2 Å². The summed E-state index contributed by atoms with van der Waals surface area (Å²) in [6.07, 6.45) is 1.86. The molecule has 2 aromatic rings. The third-order valence-corrected chi connectivity index (χ3v) is 7.05. The molecular formula is C31H38N2O7. The predicted octanol–water partition coefficient (Wildman–Crippen LogP) is 4.96. The number of nitrogens with zero attached hydrogens (tertiary/aromatic N) is 2. The summed E-state index contributed by atoms with van der Waals surface area (Å²) in [4.78, 5) is 62.0. The monoisotopic (exact) mass is 550 g/mol. The normalized spacial score (nSPS) is 18.9. The van der Waals surface area contributed by atoms with Gasteiger partial charge < -0.3 is 14.3 Å². The highest BCUT2D eigenvalue weighted by Gasteiger charge is 2.40. The number of ether oxygens (including phenoxy) is 2. The van der Waals surface area contributed by atoms with E-state index in [9.17, 15) is 24.0 Å². The van der Waals surface area contributed by atoms with Gasteiger partial charge in [0.25, 0.3) is 0 Å². The largest absolute Gasteiger partial charge is 0.447 e. The van der Waals surface area contributed by atoms with E-state index in [4.69, 9.17) is 9.47 Å². The zero-order valence-corrected chi connectivity index (χ0v) is 23.4. The van der Waals surface area contributed by atoms with Gasteiger partial charge in [-0.05, 0) is 43.7 Å². The molecule has 2 fully saturated rings. The molecule has 0 unspecified atom stereocenters. The molecule has 0 aromatic heterocycles. The molecule has 9 heteroatoms. The van der Waals surface area contributed by atoms with E-state index < -0.39 is 18.1 Å². The second kappa shape index (κ2) is 15.0. The van der Waals surface area contributed by atoms with Gasteiger partial charge in [-0.25, -0.2) is 19.4 Å². The molecule has 4 rings (SSSR count). The molecule has 2 aromatic carbocycles. The SMILES string of the molecule is CC[C@@H]1COC(=O)N1C(=O)CCc1ccccc1.CC[C@@H]1COC(=O)N1C(=O)[C@H](CC(C)=O)Cc1ccccc1. The molecule has 9 nitrogen and oxygen atoms in total. The molecular weight excluding hydrogens is 512 g/mol. The van der Waals surface area contributed by atoms with Crippen LogP contribution in [-0.2, 0) is 36.7 Å². The molecule has 0 saturated carbocycles. The number of carbonyl (C=O) groups excluding carboxylic acids is 5. The number of cyclic esters (lactones) is 2. The average Bonchev–Trinajstić information content (AvgIpc) is 3.53. The summed E-state index contributed by atoms with van der Waals surface area (Å²) in [6.45, 7) is 5.88. The molecule has 0 spiro atoms. The number of rotatable bonds is 10. The van der Waals surface area contributed by atoms with E-state index in [-0.39, 0.29) is 42.7 Å². The van der Waals surface area contributed by atoms with E-state index in [0.29, 0.717) is 32.3 Å². The number of aryl methyl sites for hydroxylation is 1. The van der Waals surface area contributed by atoms with Gasteiger partial charge in [0.1, 0.15) is 19.0 Å². The molecule has 0 aliphatic carbocycles. The third kappa shape index (κ3) is 8.24. The Labute approximate surface area is 235 Å². The van der Waals surface area contributed by atoms with Gasteiger partial charge in [-0.15, -0.1) is 0 Å². The number of ketones is 1. The maximum absolute atomic E-state index is 12.7. The van der Waals surface area contributed by atoms with Crippen molar-refractivity contribution in [1.29, 1.82) is 0 Å². The number of benzene rings is 2. The number of Topliss-reactive ketones (excluding diaryl/α,β-unsaturated/α-hetero) is 1.